The lowest BCUT2D eigenvalue weighted by molar-refractivity contribution is -0.146. The Morgan fingerprint density at radius 1 is 0.786 bits per heavy atom. The fourth-order valence-electron chi connectivity index (χ4n) is 3.00. The molecule has 148 valence electrons. The number of carbonyl (C=O) groups is 2. The van der Waals surface area contributed by atoms with E-state index in [1.54, 1.807) is 13.8 Å². The van der Waals surface area contributed by atoms with Crippen LogP contribution in [-0.4, -0.2) is 32.4 Å². The van der Waals surface area contributed by atoms with Crippen LogP contribution in [0.5, 0.6) is 11.5 Å². The minimum atomic E-state index is -1.87. The van der Waals surface area contributed by atoms with Crippen molar-refractivity contribution in [1.82, 2.24) is 0 Å². The monoisotopic (exact) mass is 386 g/mol. The number of benzene rings is 2. The maximum atomic E-state index is 12.1. The van der Waals surface area contributed by atoms with Crippen LogP contribution in [0.3, 0.4) is 0 Å². The zero-order valence-corrected chi connectivity index (χ0v) is 15.5. The number of carboxylic acid groups (broad SMARTS) is 2. The molecular weight excluding hydrogens is 364 g/mol. The van der Waals surface area contributed by atoms with Crippen LogP contribution in [0.2, 0.25) is 0 Å². The van der Waals surface area contributed by atoms with Crippen molar-refractivity contribution in [3.05, 3.63) is 59.7 Å². The smallest absolute Gasteiger partial charge is 0.338 e. The molecule has 2 unspecified atom stereocenters. The first-order chi connectivity index (χ1) is 13.2. The summed E-state index contributed by atoms with van der Waals surface area (Å²) < 4.78 is 0. The fraction of sp³-hybridized carbons (Fsp3) is 0.300. The molecule has 4 N–H and O–H groups in total. The number of hydrogen-bond acceptors (Lipinski definition) is 6. The molecule has 2 atom stereocenters. The van der Waals surface area contributed by atoms with E-state index in [0.29, 0.717) is 0 Å². The molecule has 8 heteroatoms. The van der Waals surface area contributed by atoms with Crippen LogP contribution in [0.15, 0.2) is 58.8 Å². The lowest BCUT2D eigenvalue weighted by atomic mass is 9.86. The molecule has 0 fully saturated rings. The maximum absolute atomic E-state index is 12.1. The molecule has 0 amide bonds. The molecule has 0 spiro atoms. The Hall–Kier alpha value is -3.42. The largest absolute Gasteiger partial charge is 0.508 e. The van der Waals surface area contributed by atoms with E-state index in [0.717, 1.165) is 0 Å². The second-order valence-electron chi connectivity index (χ2n) is 6.34. The first kappa shape index (κ1) is 20.9. The normalized spacial score (nSPS) is 15.6. The van der Waals surface area contributed by atoms with Crippen molar-refractivity contribution in [2.75, 3.05) is 0 Å². The fourth-order valence-corrected chi connectivity index (χ4v) is 3.00. The summed E-state index contributed by atoms with van der Waals surface area (Å²) in [5.41, 5.74) is -3.38. The highest BCUT2D eigenvalue weighted by Crippen LogP contribution is 2.37. The number of phenols is 2. The van der Waals surface area contributed by atoms with Crippen LogP contribution in [0.1, 0.15) is 37.8 Å². The Morgan fingerprint density at radius 3 is 1.39 bits per heavy atom. The van der Waals surface area contributed by atoms with Crippen molar-refractivity contribution < 1.29 is 30.0 Å². The zero-order chi connectivity index (χ0) is 20.9. The highest BCUT2D eigenvalue weighted by molar-refractivity contribution is 5.82. The molecule has 0 saturated heterocycles. The lowest BCUT2D eigenvalue weighted by Gasteiger charge is -2.27. The highest BCUT2D eigenvalue weighted by Gasteiger charge is 2.44. The Labute approximate surface area is 161 Å². The first-order valence-electron chi connectivity index (χ1n) is 8.71. The van der Waals surface area contributed by atoms with Crippen molar-refractivity contribution >= 4 is 11.9 Å². The Bertz CT molecular complexity index is 840. The summed E-state index contributed by atoms with van der Waals surface area (Å²) in [6.07, 6.45) is -0.0382. The minimum absolute atomic E-state index is 0.0191. The number of azo groups is 1. The van der Waals surface area contributed by atoms with Gasteiger partial charge in [0.25, 0.3) is 0 Å². The average Bonchev–Trinajstić information content (AvgIpc) is 2.65. The molecule has 0 aromatic heterocycles. The van der Waals surface area contributed by atoms with Crippen LogP contribution in [0, 0.1) is 0 Å². The second kappa shape index (κ2) is 8.08. The van der Waals surface area contributed by atoms with Gasteiger partial charge in [0.15, 0.2) is 0 Å². The van der Waals surface area contributed by atoms with E-state index in [2.05, 4.69) is 10.2 Å². The van der Waals surface area contributed by atoms with Gasteiger partial charge in [-0.25, -0.2) is 9.59 Å². The summed E-state index contributed by atoms with van der Waals surface area (Å²) >= 11 is 0. The van der Waals surface area contributed by atoms with E-state index in [1.807, 2.05) is 0 Å². The topological polar surface area (TPSA) is 140 Å². The molecule has 0 bridgehead atoms. The van der Waals surface area contributed by atoms with Gasteiger partial charge in [0, 0.05) is 0 Å². The van der Waals surface area contributed by atoms with Gasteiger partial charge >= 0.3 is 11.9 Å². The molecule has 0 saturated carbocycles. The van der Waals surface area contributed by atoms with E-state index in [1.165, 1.54) is 48.5 Å². The van der Waals surface area contributed by atoms with Gasteiger partial charge in [-0.05, 0) is 48.2 Å². The number of phenolic OH excluding ortho intramolecular Hbond substituents is 2. The van der Waals surface area contributed by atoms with Crippen LogP contribution in [0.25, 0.3) is 0 Å². The molecule has 0 aliphatic rings. The van der Waals surface area contributed by atoms with Gasteiger partial charge in [0.1, 0.15) is 11.5 Å². The number of hydrogen-bond donors (Lipinski definition) is 4. The predicted octanol–water partition coefficient (Wildman–Crippen LogP) is 3.63. The van der Waals surface area contributed by atoms with Gasteiger partial charge in [0.05, 0.1) is 0 Å². The molecule has 0 aliphatic heterocycles. The van der Waals surface area contributed by atoms with Crippen LogP contribution in [-0.2, 0) is 20.7 Å². The number of rotatable bonds is 8. The average molecular weight is 386 g/mol. The van der Waals surface area contributed by atoms with Crippen molar-refractivity contribution in [3.8, 4) is 11.5 Å². The molecule has 8 nitrogen and oxygen atoms in total. The van der Waals surface area contributed by atoms with E-state index in [-0.39, 0.29) is 35.5 Å². The van der Waals surface area contributed by atoms with E-state index >= 15 is 0 Å². The summed E-state index contributed by atoms with van der Waals surface area (Å²) in [4.78, 5) is 24.2. The molecule has 0 radical (unpaired) electrons. The quantitative estimate of drug-likeness (QED) is 0.511. The van der Waals surface area contributed by atoms with Crippen LogP contribution in [0.4, 0.5) is 0 Å². The van der Waals surface area contributed by atoms with Crippen molar-refractivity contribution in [3.63, 3.8) is 0 Å². The number of nitrogens with zero attached hydrogens (tertiary/aromatic N) is 2. The third-order valence-electron chi connectivity index (χ3n) is 4.77. The SMILES string of the molecule is CCC(N=NC(CC)(C(=O)O)c1cccc(O)c1)(C(=O)O)c1cccc(O)c1. The van der Waals surface area contributed by atoms with Crippen LogP contribution >= 0.6 is 0 Å². The zero-order valence-electron chi connectivity index (χ0n) is 15.5. The Balaban J connectivity index is 2.68. The first-order valence-corrected chi connectivity index (χ1v) is 8.71. The molecule has 2 aromatic carbocycles. The summed E-state index contributed by atoms with van der Waals surface area (Å²) in [6, 6.07) is 11.2. The molecule has 2 aromatic rings. The third kappa shape index (κ3) is 3.66. The third-order valence-corrected chi connectivity index (χ3v) is 4.77. The molecule has 0 aliphatic carbocycles. The lowest BCUT2D eigenvalue weighted by Crippen LogP contribution is -2.36. The van der Waals surface area contributed by atoms with Crippen molar-refractivity contribution in [2.24, 2.45) is 10.2 Å². The molecule has 0 heterocycles. The van der Waals surface area contributed by atoms with Crippen molar-refractivity contribution in [2.45, 2.75) is 37.8 Å². The molecule has 2 rings (SSSR count). The highest BCUT2D eigenvalue weighted by atomic mass is 16.4. The Kier molecular flexibility index (Phi) is 6.03. The Morgan fingerprint density at radius 2 is 1.14 bits per heavy atom. The number of aliphatic carboxylic acids is 2. The van der Waals surface area contributed by atoms with E-state index < -0.39 is 23.0 Å². The van der Waals surface area contributed by atoms with Gasteiger partial charge in [0.2, 0.25) is 11.1 Å². The molecular formula is C20H22N2O6. The standard InChI is InChI=1S/C20H22N2O6/c1-3-19(17(25)26,13-7-5-9-15(23)11-13)21-22-20(4-2,18(27)28)14-8-6-10-16(24)12-14/h5-12,23-24H,3-4H2,1-2H3,(H,25,26)(H,27,28). The van der Waals surface area contributed by atoms with Gasteiger partial charge in [-0.2, -0.15) is 10.2 Å². The maximum Gasteiger partial charge on any atom is 0.338 e. The van der Waals surface area contributed by atoms with Gasteiger partial charge < -0.3 is 20.4 Å². The van der Waals surface area contributed by atoms with Crippen molar-refractivity contribution in [1.29, 1.82) is 0 Å². The van der Waals surface area contributed by atoms with Crippen LogP contribution < -0.4 is 0 Å². The second-order valence-corrected chi connectivity index (χ2v) is 6.34. The number of carboxylic acids is 2. The predicted molar refractivity (Wildman–Crippen MR) is 100 cm³/mol. The van der Waals surface area contributed by atoms with Gasteiger partial charge in [-0.15, -0.1) is 0 Å². The summed E-state index contributed by atoms with van der Waals surface area (Å²) in [6.45, 7) is 3.17. The number of aromatic hydroxyl groups is 2. The summed E-state index contributed by atoms with van der Waals surface area (Å²) in [7, 11) is 0. The summed E-state index contributed by atoms with van der Waals surface area (Å²) in [5.74, 6) is -2.93. The minimum Gasteiger partial charge on any atom is -0.508 e. The van der Waals surface area contributed by atoms with Gasteiger partial charge in [-0.1, -0.05) is 38.1 Å². The summed E-state index contributed by atoms with van der Waals surface area (Å²) in [5, 5.41) is 47.2. The van der Waals surface area contributed by atoms with E-state index in [9.17, 15) is 30.0 Å². The van der Waals surface area contributed by atoms with Gasteiger partial charge in [-0.3, -0.25) is 0 Å². The molecule has 28 heavy (non-hydrogen) atoms. The van der Waals surface area contributed by atoms with E-state index in [4.69, 9.17) is 0 Å².